The van der Waals surface area contributed by atoms with Crippen molar-refractivity contribution in [2.45, 2.75) is 53.1 Å². The zero-order chi connectivity index (χ0) is 15.0. The molecule has 1 spiro atoms. The van der Waals surface area contributed by atoms with Gasteiger partial charge >= 0.3 is 6.09 Å². The molecule has 1 amide bonds. The monoisotopic (exact) mass is 282 g/mol. The number of rotatable bonds is 0. The van der Waals surface area contributed by atoms with Crippen LogP contribution in [0.15, 0.2) is 0 Å². The van der Waals surface area contributed by atoms with Crippen molar-refractivity contribution in [2.24, 2.45) is 17.3 Å². The summed E-state index contributed by atoms with van der Waals surface area (Å²) < 4.78 is 5.50. The van der Waals surface area contributed by atoms with Gasteiger partial charge in [-0.3, -0.25) is 0 Å². The second-order valence-electron chi connectivity index (χ2n) is 7.67. The van der Waals surface area contributed by atoms with Crippen LogP contribution >= 0.6 is 0 Å². The zero-order valence-electron chi connectivity index (χ0n) is 13.7. The van der Waals surface area contributed by atoms with Crippen molar-refractivity contribution in [3.8, 4) is 0 Å². The second kappa shape index (κ2) is 5.55. The lowest BCUT2D eigenvalue weighted by atomic mass is 9.60. The van der Waals surface area contributed by atoms with E-state index in [0.29, 0.717) is 17.3 Å². The molecular formula is C16H30N2O2. The number of likely N-dealkylation sites (tertiary alicyclic amines) is 1. The van der Waals surface area contributed by atoms with Gasteiger partial charge in [0.2, 0.25) is 0 Å². The maximum atomic E-state index is 12.2. The van der Waals surface area contributed by atoms with Crippen LogP contribution in [0.5, 0.6) is 0 Å². The van der Waals surface area contributed by atoms with Gasteiger partial charge in [0.1, 0.15) is 5.60 Å². The highest BCUT2D eigenvalue weighted by Crippen LogP contribution is 2.47. The number of amides is 1. The van der Waals surface area contributed by atoms with Gasteiger partial charge in [0.25, 0.3) is 0 Å². The van der Waals surface area contributed by atoms with Crippen LogP contribution in [0, 0.1) is 17.3 Å². The van der Waals surface area contributed by atoms with Crippen molar-refractivity contribution in [3.05, 3.63) is 0 Å². The molecule has 3 unspecified atom stereocenters. The average Bonchev–Trinajstić information content (AvgIpc) is 2.33. The van der Waals surface area contributed by atoms with Crippen LogP contribution in [0.3, 0.4) is 0 Å². The minimum Gasteiger partial charge on any atom is -0.444 e. The summed E-state index contributed by atoms with van der Waals surface area (Å²) >= 11 is 0. The van der Waals surface area contributed by atoms with Gasteiger partial charge in [-0.05, 0) is 64.0 Å². The molecular weight excluding hydrogens is 252 g/mol. The predicted molar refractivity (Wildman–Crippen MR) is 80.7 cm³/mol. The van der Waals surface area contributed by atoms with E-state index in [9.17, 15) is 4.79 Å². The molecule has 116 valence electrons. The molecule has 0 aromatic rings. The molecule has 2 rings (SSSR count). The van der Waals surface area contributed by atoms with Crippen molar-refractivity contribution in [1.82, 2.24) is 10.2 Å². The molecule has 0 aliphatic carbocycles. The Hall–Kier alpha value is -0.770. The van der Waals surface area contributed by atoms with E-state index in [1.165, 1.54) is 6.42 Å². The highest BCUT2D eigenvalue weighted by molar-refractivity contribution is 5.68. The molecule has 0 aromatic heterocycles. The number of carbonyl (C=O) groups is 1. The lowest BCUT2D eigenvalue weighted by Gasteiger charge is -2.52. The normalized spacial score (nSPS) is 35.1. The fourth-order valence-corrected chi connectivity index (χ4v) is 3.88. The number of hydrogen-bond donors (Lipinski definition) is 1. The lowest BCUT2D eigenvalue weighted by Crippen LogP contribution is -2.56. The van der Waals surface area contributed by atoms with Crippen LogP contribution in [0.4, 0.5) is 4.79 Å². The molecule has 2 aliphatic heterocycles. The molecule has 0 radical (unpaired) electrons. The van der Waals surface area contributed by atoms with Crippen molar-refractivity contribution >= 4 is 6.09 Å². The SMILES string of the molecule is CC1CNCCC12CCN(C(=O)OC(C)(C)C)CC2C. The highest BCUT2D eigenvalue weighted by atomic mass is 16.6. The minimum atomic E-state index is -0.405. The number of carbonyl (C=O) groups excluding carboxylic acids is 1. The van der Waals surface area contributed by atoms with Crippen LogP contribution in [-0.2, 0) is 4.74 Å². The minimum absolute atomic E-state index is 0.152. The quantitative estimate of drug-likeness (QED) is 0.743. The first-order chi connectivity index (χ1) is 9.24. The fraction of sp³-hybridized carbons (Fsp3) is 0.938. The summed E-state index contributed by atoms with van der Waals surface area (Å²) in [5, 5.41) is 3.49. The molecule has 0 saturated carbocycles. The molecule has 2 saturated heterocycles. The first kappa shape index (κ1) is 15.6. The first-order valence-electron chi connectivity index (χ1n) is 7.93. The smallest absolute Gasteiger partial charge is 0.410 e. The predicted octanol–water partition coefficient (Wildman–Crippen LogP) is 2.88. The second-order valence-corrected chi connectivity index (χ2v) is 7.67. The topological polar surface area (TPSA) is 41.6 Å². The Morgan fingerprint density at radius 2 is 1.95 bits per heavy atom. The lowest BCUT2D eigenvalue weighted by molar-refractivity contribution is -0.0357. The summed E-state index contributed by atoms with van der Waals surface area (Å²) in [5.41, 5.74) is 0.00126. The Labute approximate surface area is 123 Å². The Kier molecular flexibility index (Phi) is 4.33. The van der Waals surface area contributed by atoms with Crippen molar-refractivity contribution in [3.63, 3.8) is 0 Å². The molecule has 2 fully saturated rings. The Morgan fingerprint density at radius 1 is 1.25 bits per heavy atom. The molecule has 20 heavy (non-hydrogen) atoms. The number of hydrogen-bond acceptors (Lipinski definition) is 3. The van der Waals surface area contributed by atoms with Crippen molar-refractivity contribution in [2.75, 3.05) is 26.2 Å². The Bertz CT molecular complexity index is 364. The number of ether oxygens (including phenoxy) is 1. The van der Waals surface area contributed by atoms with Crippen LogP contribution in [0.25, 0.3) is 0 Å². The summed E-state index contributed by atoms with van der Waals surface area (Å²) in [7, 11) is 0. The first-order valence-corrected chi connectivity index (χ1v) is 7.93. The third kappa shape index (κ3) is 3.11. The maximum absolute atomic E-state index is 12.2. The van der Waals surface area contributed by atoms with E-state index in [2.05, 4.69) is 19.2 Å². The molecule has 2 heterocycles. The Morgan fingerprint density at radius 3 is 2.50 bits per heavy atom. The largest absolute Gasteiger partial charge is 0.444 e. The van der Waals surface area contributed by atoms with Gasteiger partial charge in [-0.2, -0.15) is 0 Å². The van der Waals surface area contributed by atoms with Crippen molar-refractivity contribution < 1.29 is 9.53 Å². The van der Waals surface area contributed by atoms with Gasteiger partial charge < -0.3 is 15.0 Å². The van der Waals surface area contributed by atoms with Crippen LogP contribution in [0.1, 0.15) is 47.5 Å². The molecule has 2 aliphatic rings. The van der Waals surface area contributed by atoms with Gasteiger partial charge in [0.15, 0.2) is 0 Å². The van der Waals surface area contributed by atoms with Gasteiger partial charge in [0.05, 0.1) is 0 Å². The zero-order valence-corrected chi connectivity index (χ0v) is 13.7. The van der Waals surface area contributed by atoms with E-state index >= 15 is 0 Å². The van der Waals surface area contributed by atoms with E-state index < -0.39 is 5.60 Å². The van der Waals surface area contributed by atoms with Gasteiger partial charge in [-0.15, -0.1) is 0 Å². The van der Waals surface area contributed by atoms with Gasteiger partial charge in [-0.1, -0.05) is 13.8 Å². The molecule has 4 nitrogen and oxygen atoms in total. The Balaban J connectivity index is 2.00. The molecule has 3 atom stereocenters. The fourth-order valence-electron chi connectivity index (χ4n) is 3.88. The summed E-state index contributed by atoms with van der Waals surface area (Å²) in [4.78, 5) is 14.1. The third-order valence-corrected chi connectivity index (χ3v) is 5.17. The summed E-state index contributed by atoms with van der Waals surface area (Å²) in [6.45, 7) is 14.3. The summed E-state index contributed by atoms with van der Waals surface area (Å²) in [6.07, 6.45) is 2.19. The third-order valence-electron chi connectivity index (χ3n) is 5.17. The average molecular weight is 282 g/mol. The molecule has 4 heteroatoms. The van der Waals surface area contributed by atoms with E-state index in [1.54, 1.807) is 0 Å². The summed E-state index contributed by atoms with van der Waals surface area (Å²) in [5.74, 6) is 1.23. The standard InChI is InChI=1S/C16H30N2O2/c1-12-10-17-8-6-16(12)7-9-18(11-13(16)2)14(19)20-15(3,4)5/h12-13,17H,6-11H2,1-5H3. The van der Waals surface area contributed by atoms with Crippen LogP contribution in [-0.4, -0.2) is 42.8 Å². The number of piperidine rings is 2. The molecule has 0 bridgehead atoms. The van der Waals surface area contributed by atoms with E-state index in [0.717, 1.165) is 32.6 Å². The van der Waals surface area contributed by atoms with Crippen LogP contribution in [0.2, 0.25) is 0 Å². The number of nitrogens with one attached hydrogen (secondary N) is 1. The van der Waals surface area contributed by atoms with E-state index in [1.807, 2.05) is 25.7 Å². The van der Waals surface area contributed by atoms with Gasteiger partial charge in [0, 0.05) is 13.1 Å². The van der Waals surface area contributed by atoms with Crippen LogP contribution < -0.4 is 5.32 Å². The van der Waals surface area contributed by atoms with Crippen molar-refractivity contribution in [1.29, 1.82) is 0 Å². The van der Waals surface area contributed by atoms with E-state index in [4.69, 9.17) is 4.74 Å². The molecule has 1 N–H and O–H groups in total. The molecule has 0 aromatic carbocycles. The highest BCUT2D eigenvalue weighted by Gasteiger charge is 2.46. The maximum Gasteiger partial charge on any atom is 0.410 e. The summed E-state index contributed by atoms with van der Waals surface area (Å²) in [6, 6.07) is 0. The van der Waals surface area contributed by atoms with Gasteiger partial charge in [-0.25, -0.2) is 4.79 Å². The number of nitrogens with zero attached hydrogens (tertiary/aromatic N) is 1. The van der Waals surface area contributed by atoms with E-state index in [-0.39, 0.29) is 6.09 Å².